The zero-order valence-corrected chi connectivity index (χ0v) is 12.1. The number of hydrogen-bond acceptors (Lipinski definition) is 3. The average Bonchev–Trinajstić information content (AvgIpc) is 2.32. The number of ether oxygens (including phenoxy) is 2. The molecule has 1 N–H and O–H groups in total. The van der Waals surface area contributed by atoms with Gasteiger partial charge in [-0.25, -0.2) is 0 Å². The smallest absolute Gasteiger partial charge is 0.126 e. The Kier molecular flexibility index (Phi) is 2.55. The molecule has 1 aliphatic carbocycles. The van der Waals surface area contributed by atoms with Gasteiger partial charge in [-0.1, -0.05) is 12.1 Å². The Bertz CT molecular complexity index is 523. The van der Waals surface area contributed by atoms with Crippen molar-refractivity contribution in [2.75, 3.05) is 13.7 Å². The van der Waals surface area contributed by atoms with E-state index in [0.717, 1.165) is 29.7 Å². The highest BCUT2D eigenvalue weighted by molar-refractivity contribution is 5.47. The van der Waals surface area contributed by atoms with Crippen LogP contribution in [0.15, 0.2) is 18.2 Å². The Labute approximate surface area is 114 Å². The van der Waals surface area contributed by atoms with E-state index < -0.39 is 5.60 Å². The van der Waals surface area contributed by atoms with Crippen molar-refractivity contribution in [1.29, 1.82) is 0 Å². The molecule has 0 bridgehead atoms. The molecule has 0 radical (unpaired) electrons. The zero-order chi connectivity index (χ0) is 13.9. The summed E-state index contributed by atoms with van der Waals surface area (Å²) in [4.78, 5) is 0. The molecule has 1 heterocycles. The van der Waals surface area contributed by atoms with Gasteiger partial charge in [0.1, 0.15) is 17.0 Å². The summed E-state index contributed by atoms with van der Waals surface area (Å²) in [6, 6.07) is 6.03. The lowest BCUT2D eigenvalue weighted by Crippen LogP contribution is -2.71. The molecule has 3 atom stereocenters. The molecule has 104 valence electrons. The summed E-state index contributed by atoms with van der Waals surface area (Å²) in [7, 11) is 1.69. The molecule has 1 fully saturated rings. The monoisotopic (exact) mass is 262 g/mol. The first kappa shape index (κ1) is 12.9. The van der Waals surface area contributed by atoms with E-state index in [0.29, 0.717) is 6.61 Å². The predicted molar refractivity (Wildman–Crippen MR) is 73.3 cm³/mol. The van der Waals surface area contributed by atoms with Crippen LogP contribution >= 0.6 is 0 Å². The van der Waals surface area contributed by atoms with Crippen LogP contribution in [0.2, 0.25) is 0 Å². The van der Waals surface area contributed by atoms with Crippen molar-refractivity contribution in [3.05, 3.63) is 29.3 Å². The number of aryl methyl sites for hydroxylation is 1. The third-order valence-corrected chi connectivity index (χ3v) is 5.36. The van der Waals surface area contributed by atoms with Crippen LogP contribution < -0.4 is 4.74 Å². The fraction of sp³-hybridized carbons (Fsp3) is 0.625. The predicted octanol–water partition coefficient (Wildman–Crippen LogP) is 2.78. The number of methoxy groups -OCH3 is 1. The van der Waals surface area contributed by atoms with Gasteiger partial charge in [0.2, 0.25) is 0 Å². The van der Waals surface area contributed by atoms with Gasteiger partial charge < -0.3 is 14.6 Å². The van der Waals surface area contributed by atoms with Crippen molar-refractivity contribution < 1.29 is 14.6 Å². The molecule has 3 nitrogen and oxygen atoms in total. The average molecular weight is 262 g/mol. The summed E-state index contributed by atoms with van der Waals surface area (Å²) in [5, 5.41) is 11.2. The molecular weight excluding hydrogens is 240 g/mol. The molecule has 0 spiro atoms. The third kappa shape index (κ3) is 1.40. The molecule has 1 aromatic rings. The first-order chi connectivity index (χ1) is 8.86. The van der Waals surface area contributed by atoms with Gasteiger partial charge in [0.05, 0.1) is 12.0 Å². The molecule has 0 unspecified atom stereocenters. The Morgan fingerprint density at radius 2 is 2.05 bits per heavy atom. The minimum Gasteiger partial charge on any atom is -0.486 e. The van der Waals surface area contributed by atoms with Crippen LogP contribution in [0.5, 0.6) is 5.75 Å². The molecule has 0 aromatic heterocycles. The van der Waals surface area contributed by atoms with Crippen molar-refractivity contribution in [3.8, 4) is 5.75 Å². The van der Waals surface area contributed by atoms with Gasteiger partial charge in [-0.15, -0.1) is 0 Å². The number of hydrogen-bond donors (Lipinski definition) is 1. The highest BCUT2D eigenvalue weighted by atomic mass is 16.5. The molecule has 2 aliphatic rings. The lowest BCUT2D eigenvalue weighted by atomic mass is 9.48. The van der Waals surface area contributed by atoms with Crippen molar-refractivity contribution in [2.24, 2.45) is 5.41 Å². The molecule has 0 amide bonds. The van der Waals surface area contributed by atoms with Crippen LogP contribution in [0, 0.1) is 12.3 Å². The molecular formula is C16H22O3. The number of benzene rings is 1. The van der Waals surface area contributed by atoms with Crippen LogP contribution in [-0.4, -0.2) is 24.4 Å². The number of rotatable bonds is 2. The Morgan fingerprint density at radius 1 is 1.32 bits per heavy atom. The molecule has 1 aromatic carbocycles. The van der Waals surface area contributed by atoms with E-state index in [1.165, 1.54) is 0 Å². The summed E-state index contributed by atoms with van der Waals surface area (Å²) in [5.74, 6) is 0.818. The van der Waals surface area contributed by atoms with E-state index in [1.54, 1.807) is 7.11 Å². The first-order valence-corrected chi connectivity index (χ1v) is 6.88. The van der Waals surface area contributed by atoms with Crippen LogP contribution in [0.1, 0.15) is 37.8 Å². The number of fused-ring (bicyclic) bond motifs is 2. The van der Waals surface area contributed by atoms with Crippen molar-refractivity contribution in [3.63, 3.8) is 0 Å². The topological polar surface area (TPSA) is 38.7 Å². The van der Waals surface area contributed by atoms with Crippen molar-refractivity contribution >= 4 is 0 Å². The van der Waals surface area contributed by atoms with E-state index in [1.807, 2.05) is 32.0 Å². The Hall–Kier alpha value is -1.06. The third-order valence-electron chi connectivity index (χ3n) is 5.36. The van der Waals surface area contributed by atoms with Crippen LogP contribution in [0.3, 0.4) is 0 Å². The standard InChI is InChI=1S/C16H22O3/c1-11-5-6-12-13(9-11)19-14(2)7-8-16(14,10-18-4)15(12,3)17/h5-6,9,17H,7-8,10H2,1-4H3/t14-,15-,16-/m1/s1. The minimum atomic E-state index is -0.919. The van der Waals surface area contributed by atoms with Gasteiger partial charge in [-0.2, -0.15) is 0 Å². The molecule has 19 heavy (non-hydrogen) atoms. The van der Waals surface area contributed by atoms with Gasteiger partial charge in [0, 0.05) is 12.7 Å². The SMILES string of the molecule is COC[C@]12CC[C@@]1(C)Oc1cc(C)ccc1[C@@]2(C)O. The fourth-order valence-electron chi connectivity index (χ4n) is 3.91. The van der Waals surface area contributed by atoms with Crippen molar-refractivity contribution in [1.82, 2.24) is 0 Å². The highest BCUT2D eigenvalue weighted by Crippen LogP contribution is 2.65. The number of aliphatic hydroxyl groups is 1. The van der Waals surface area contributed by atoms with Crippen molar-refractivity contribution in [2.45, 2.75) is 44.8 Å². The second-order valence-corrected chi connectivity index (χ2v) is 6.42. The van der Waals surface area contributed by atoms with Crippen LogP contribution in [-0.2, 0) is 10.3 Å². The van der Waals surface area contributed by atoms with E-state index in [-0.39, 0.29) is 11.0 Å². The summed E-state index contributed by atoms with van der Waals surface area (Å²) < 4.78 is 11.7. The van der Waals surface area contributed by atoms with Gasteiger partial charge >= 0.3 is 0 Å². The summed E-state index contributed by atoms with van der Waals surface area (Å²) >= 11 is 0. The van der Waals surface area contributed by atoms with Crippen LogP contribution in [0.4, 0.5) is 0 Å². The molecule has 1 aliphatic heterocycles. The minimum absolute atomic E-state index is 0.340. The summed E-state index contributed by atoms with van der Waals surface area (Å²) in [6.45, 7) is 6.55. The first-order valence-electron chi connectivity index (χ1n) is 6.88. The second kappa shape index (κ2) is 3.74. The normalized spacial score (nSPS) is 39.8. The Balaban J connectivity index is 2.18. The van der Waals surface area contributed by atoms with Crippen LogP contribution in [0.25, 0.3) is 0 Å². The van der Waals surface area contributed by atoms with Gasteiger partial charge in [0.15, 0.2) is 0 Å². The van der Waals surface area contributed by atoms with E-state index in [9.17, 15) is 5.11 Å². The van der Waals surface area contributed by atoms with E-state index >= 15 is 0 Å². The zero-order valence-electron chi connectivity index (χ0n) is 12.1. The molecule has 1 saturated carbocycles. The molecule has 3 rings (SSSR count). The maximum Gasteiger partial charge on any atom is 0.126 e. The quantitative estimate of drug-likeness (QED) is 0.890. The highest BCUT2D eigenvalue weighted by Gasteiger charge is 2.70. The Morgan fingerprint density at radius 3 is 2.63 bits per heavy atom. The van der Waals surface area contributed by atoms with E-state index in [2.05, 4.69) is 6.92 Å². The maximum absolute atomic E-state index is 11.2. The lowest BCUT2D eigenvalue weighted by molar-refractivity contribution is -0.270. The summed E-state index contributed by atoms with van der Waals surface area (Å²) in [5.41, 5.74) is 0.422. The largest absolute Gasteiger partial charge is 0.486 e. The molecule has 3 heteroatoms. The summed E-state index contributed by atoms with van der Waals surface area (Å²) in [6.07, 6.45) is 1.89. The molecule has 0 saturated heterocycles. The second-order valence-electron chi connectivity index (χ2n) is 6.42. The lowest BCUT2D eigenvalue weighted by Gasteiger charge is -2.65. The van der Waals surface area contributed by atoms with Gasteiger partial charge in [-0.3, -0.25) is 0 Å². The van der Waals surface area contributed by atoms with Gasteiger partial charge in [0.25, 0.3) is 0 Å². The maximum atomic E-state index is 11.2. The van der Waals surface area contributed by atoms with E-state index in [4.69, 9.17) is 9.47 Å². The fourth-order valence-corrected chi connectivity index (χ4v) is 3.91. The van der Waals surface area contributed by atoms with Gasteiger partial charge in [-0.05, 0) is 45.2 Å².